The van der Waals surface area contributed by atoms with Crippen molar-refractivity contribution in [2.45, 2.75) is 22.8 Å². The van der Waals surface area contributed by atoms with E-state index in [0.717, 1.165) is 4.90 Å². The molecular weight excluding hydrogens is 360 g/mol. The molecule has 0 aliphatic carbocycles. The average molecular weight is 380 g/mol. The van der Waals surface area contributed by atoms with Gasteiger partial charge >= 0.3 is 0 Å². The van der Waals surface area contributed by atoms with Gasteiger partial charge in [0.15, 0.2) is 0 Å². The Kier molecular flexibility index (Phi) is 6.46. The fourth-order valence-corrected chi connectivity index (χ4v) is 3.72. The molecule has 0 saturated heterocycles. The van der Waals surface area contributed by atoms with Gasteiger partial charge in [-0.3, -0.25) is 4.79 Å². The molecule has 8 heteroatoms. The summed E-state index contributed by atoms with van der Waals surface area (Å²) in [6, 6.07) is 12.4. The summed E-state index contributed by atoms with van der Waals surface area (Å²) >= 11 is 1.56. The molecule has 0 aliphatic rings. The molecule has 2 aromatic rings. The lowest BCUT2D eigenvalue weighted by Gasteiger charge is -2.15. The molecule has 1 atom stereocenters. The van der Waals surface area contributed by atoms with Crippen LogP contribution in [0.3, 0.4) is 0 Å². The maximum Gasteiger partial charge on any atom is 0.242 e. The smallest absolute Gasteiger partial charge is 0.242 e. The fraction of sp³-hybridized carbons (Fsp3) is 0.235. The third kappa shape index (κ3) is 5.22. The summed E-state index contributed by atoms with van der Waals surface area (Å²) in [6.45, 7) is 1.49. The molecule has 6 nitrogen and oxygen atoms in total. The second kappa shape index (κ2) is 8.37. The highest BCUT2D eigenvalue weighted by molar-refractivity contribution is 7.98. The van der Waals surface area contributed by atoms with E-state index in [0.29, 0.717) is 11.4 Å². The number of sulfonamides is 1. The van der Waals surface area contributed by atoms with Crippen LogP contribution in [0, 0.1) is 0 Å². The Hall–Kier alpha value is -2.03. The SMILES string of the molecule is COc1ccc(S(=O)(=O)N[C@@H](C)C(=O)Nc2cccc(SC)c2)cc1. The summed E-state index contributed by atoms with van der Waals surface area (Å²) in [7, 11) is -2.30. The Morgan fingerprint density at radius 1 is 1.16 bits per heavy atom. The van der Waals surface area contributed by atoms with Crippen LogP contribution in [0.2, 0.25) is 0 Å². The molecule has 0 unspecified atom stereocenters. The molecule has 0 bridgehead atoms. The average Bonchev–Trinajstić information content (AvgIpc) is 2.61. The van der Waals surface area contributed by atoms with E-state index >= 15 is 0 Å². The number of hydrogen-bond donors (Lipinski definition) is 2. The molecule has 0 fully saturated rings. The van der Waals surface area contributed by atoms with Gasteiger partial charge in [0.05, 0.1) is 18.0 Å². The van der Waals surface area contributed by atoms with Gasteiger partial charge in [-0.05, 0) is 55.6 Å². The number of benzene rings is 2. The van der Waals surface area contributed by atoms with Crippen LogP contribution in [-0.2, 0) is 14.8 Å². The minimum Gasteiger partial charge on any atom is -0.497 e. The molecular formula is C17H20N2O4S2. The zero-order valence-corrected chi connectivity index (χ0v) is 15.8. The fourth-order valence-electron chi connectivity index (χ4n) is 2.06. The van der Waals surface area contributed by atoms with E-state index in [4.69, 9.17) is 4.74 Å². The van der Waals surface area contributed by atoms with Crippen molar-refractivity contribution in [2.75, 3.05) is 18.7 Å². The highest BCUT2D eigenvalue weighted by Crippen LogP contribution is 2.19. The minimum absolute atomic E-state index is 0.0670. The van der Waals surface area contributed by atoms with E-state index in [-0.39, 0.29) is 4.90 Å². The third-order valence-electron chi connectivity index (χ3n) is 3.43. The van der Waals surface area contributed by atoms with Crippen LogP contribution in [0.25, 0.3) is 0 Å². The Balaban J connectivity index is 2.05. The van der Waals surface area contributed by atoms with Crippen molar-refractivity contribution in [3.05, 3.63) is 48.5 Å². The lowest BCUT2D eigenvalue weighted by Crippen LogP contribution is -2.41. The summed E-state index contributed by atoms with van der Waals surface area (Å²) in [4.78, 5) is 13.3. The summed E-state index contributed by atoms with van der Waals surface area (Å²) < 4.78 is 32.1. The van der Waals surface area contributed by atoms with E-state index in [2.05, 4.69) is 10.0 Å². The number of hydrogen-bond acceptors (Lipinski definition) is 5. The number of thioether (sulfide) groups is 1. The van der Waals surface area contributed by atoms with Gasteiger partial charge in [-0.2, -0.15) is 4.72 Å². The van der Waals surface area contributed by atoms with E-state index < -0.39 is 22.0 Å². The first-order valence-electron chi connectivity index (χ1n) is 7.47. The largest absolute Gasteiger partial charge is 0.497 e. The number of anilines is 1. The van der Waals surface area contributed by atoms with Crippen LogP contribution < -0.4 is 14.8 Å². The lowest BCUT2D eigenvalue weighted by atomic mass is 10.3. The second-order valence-corrected chi connectivity index (χ2v) is 7.83. The van der Waals surface area contributed by atoms with Crippen LogP contribution in [0.1, 0.15) is 6.92 Å². The van der Waals surface area contributed by atoms with Crippen molar-refractivity contribution < 1.29 is 17.9 Å². The van der Waals surface area contributed by atoms with E-state index in [1.54, 1.807) is 30.0 Å². The van der Waals surface area contributed by atoms with Crippen LogP contribution in [0.4, 0.5) is 5.69 Å². The predicted octanol–water partition coefficient (Wildman–Crippen LogP) is 2.72. The highest BCUT2D eigenvalue weighted by Gasteiger charge is 2.22. The van der Waals surface area contributed by atoms with E-state index in [1.165, 1.54) is 26.2 Å². The topological polar surface area (TPSA) is 84.5 Å². The Morgan fingerprint density at radius 3 is 2.44 bits per heavy atom. The first-order chi connectivity index (χ1) is 11.9. The molecule has 2 N–H and O–H groups in total. The van der Waals surface area contributed by atoms with Gasteiger partial charge in [-0.1, -0.05) is 6.07 Å². The molecule has 0 saturated carbocycles. The summed E-state index contributed by atoms with van der Waals surface area (Å²) in [5, 5.41) is 2.71. The monoisotopic (exact) mass is 380 g/mol. The lowest BCUT2D eigenvalue weighted by molar-refractivity contribution is -0.117. The Labute approximate surface area is 152 Å². The van der Waals surface area contributed by atoms with Crippen molar-refractivity contribution in [3.63, 3.8) is 0 Å². The quantitative estimate of drug-likeness (QED) is 0.722. The van der Waals surface area contributed by atoms with Crippen molar-refractivity contribution in [2.24, 2.45) is 0 Å². The summed E-state index contributed by atoms with van der Waals surface area (Å²) in [5.74, 6) is 0.119. The molecule has 134 valence electrons. The maximum atomic E-state index is 12.4. The van der Waals surface area contributed by atoms with Gasteiger partial charge in [0.1, 0.15) is 5.75 Å². The maximum absolute atomic E-state index is 12.4. The molecule has 0 radical (unpaired) electrons. The highest BCUT2D eigenvalue weighted by atomic mass is 32.2. The molecule has 25 heavy (non-hydrogen) atoms. The van der Waals surface area contributed by atoms with Crippen molar-refractivity contribution >= 4 is 33.4 Å². The zero-order valence-electron chi connectivity index (χ0n) is 14.1. The predicted molar refractivity (Wildman–Crippen MR) is 99.6 cm³/mol. The van der Waals surface area contributed by atoms with Crippen molar-refractivity contribution in [1.82, 2.24) is 4.72 Å². The molecule has 1 amide bonds. The third-order valence-corrected chi connectivity index (χ3v) is 5.71. The van der Waals surface area contributed by atoms with E-state index in [1.807, 2.05) is 24.5 Å². The number of ether oxygens (including phenoxy) is 1. The molecule has 0 aliphatic heterocycles. The van der Waals surface area contributed by atoms with Crippen molar-refractivity contribution in [3.8, 4) is 5.75 Å². The van der Waals surface area contributed by atoms with Gasteiger partial charge in [-0.15, -0.1) is 11.8 Å². The van der Waals surface area contributed by atoms with Crippen molar-refractivity contribution in [1.29, 1.82) is 0 Å². The van der Waals surface area contributed by atoms with Crippen LogP contribution in [0.5, 0.6) is 5.75 Å². The zero-order chi connectivity index (χ0) is 18.4. The van der Waals surface area contributed by atoms with Crippen LogP contribution in [0.15, 0.2) is 58.3 Å². The van der Waals surface area contributed by atoms with Gasteiger partial charge in [0.25, 0.3) is 0 Å². The van der Waals surface area contributed by atoms with Gasteiger partial charge in [0.2, 0.25) is 15.9 Å². The van der Waals surface area contributed by atoms with Crippen LogP contribution in [-0.4, -0.2) is 33.7 Å². The first-order valence-corrected chi connectivity index (χ1v) is 10.2. The van der Waals surface area contributed by atoms with E-state index in [9.17, 15) is 13.2 Å². The number of rotatable bonds is 7. The molecule has 0 spiro atoms. The summed E-state index contributed by atoms with van der Waals surface area (Å²) in [5.41, 5.74) is 0.618. The minimum atomic E-state index is -3.81. The molecule has 2 rings (SSSR count). The molecule has 0 heterocycles. The van der Waals surface area contributed by atoms with Gasteiger partial charge in [-0.25, -0.2) is 8.42 Å². The standard InChI is InChI=1S/C17H20N2O4S2/c1-12(17(20)18-13-5-4-6-15(11-13)24-3)19-25(21,22)16-9-7-14(23-2)8-10-16/h4-12,19H,1-3H3,(H,18,20)/t12-/m0/s1. The number of carbonyl (C=O) groups excluding carboxylic acids is 1. The second-order valence-electron chi connectivity index (χ2n) is 5.24. The number of methoxy groups -OCH3 is 1. The number of nitrogens with one attached hydrogen (secondary N) is 2. The Morgan fingerprint density at radius 2 is 1.84 bits per heavy atom. The normalized spacial score (nSPS) is 12.4. The molecule has 0 aromatic heterocycles. The molecule has 2 aromatic carbocycles. The Bertz CT molecular complexity index is 836. The van der Waals surface area contributed by atoms with Gasteiger partial charge in [0, 0.05) is 10.6 Å². The summed E-state index contributed by atoms with van der Waals surface area (Å²) in [6.07, 6.45) is 1.94. The number of carbonyl (C=O) groups is 1. The van der Waals surface area contributed by atoms with Crippen LogP contribution >= 0.6 is 11.8 Å². The van der Waals surface area contributed by atoms with Gasteiger partial charge < -0.3 is 10.1 Å². The number of amides is 1. The first kappa shape index (κ1) is 19.3.